The molecule has 0 radical (unpaired) electrons. The van der Waals surface area contributed by atoms with Crippen LogP contribution < -0.4 is 5.32 Å². The topological polar surface area (TPSA) is 96.6 Å². The third-order valence-corrected chi connectivity index (χ3v) is 2.44. The molecule has 1 aromatic heterocycles. The molecule has 1 rings (SSSR count). The van der Waals surface area contributed by atoms with Gasteiger partial charge in [0.2, 0.25) is 0 Å². The van der Waals surface area contributed by atoms with E-state index in [4.69, 9.17) is 14.9 Å². The van der Waals surface area contributed by atoms with Gasteiger partial charge in [-0.2, -0.15) is 5.10 Å². The number of carboxylic acid groups (broad SMARTS) is 1. The predicted octanol–water partition coefficient (Wildman–Crippen LogP) is -0.785. The minimum absolute atomic E-state index is 0.0753. The van der Waals surface area contributed by atoms with Crippen LogP contribution in [0, 0.1) is 0 Å². The molecule has 0 saturated carbocycles. The molecule has 1 unspecified atom stereocenters. The average Bonchev–Trinajstić information content (AvgIpc) is 2.66. The number of hydrogen-bond acceptors (Lipinski definition) is 5. The highest BCUT2D eigenvalue weighted by atomic mass is 16.5. The van der Waals surface area contributed by atoms with E-state index in [2.05, 4.69) is 10.4 Å². The summed E-state index contributed by atoms with van der Waals surface area (Å²) < 4.78 is 6.41. The monoisotopic (exact) mass is 243 g/mol. The summed E-state index contributed by atoms with van der Waals surface area (Å²) in [6, 6.07) is -0.225. The first-order chi connectivity index (χ1) is 8.10. The zero-order valence-electron chi connectivity index (χ0n) is 9.88. The van der Waals surface area contributed by atoms with Gasteiger partial charge in [0.1, 0.15) is 5.56 Å². The fourth-order valence-corrected chi connectivity index (χ4v) is 1.47. The van der Waals surface area contributed by atoms with Crippen molar-refractivity contribution in [2.45, 2.75) is 12.6 Å². The van der Waals surface area contributed by atoms with Gasteiger partial charge in [0.15, 0.2) is 0 Å². The Morgan fingerprint density at radius 2 is 2.41 bits per heavy atom. The Morgan fingerprint density at radius 3 is 2.94 bits per heavy atom. The molecule has 0 fully saturated rings. The molecule has 0 aliphatic rings. The van der Waals surface area contributed by atoms with Crippen molar-refractivity contribution < 1.29 is 19.7 Å². The maximum absolute atomic E-state index is 10.9. The number of hydrogen-bond donors (Lipinski definition) is 3. The number of carboxylic acids is 1. The van der Waals surface area contributed by atoms with Crippen molar-refractivity contribution in [1.82, 2.24) is 15.1 Å². The number of aryl methyl sites for hydroxylation is 1. The highest BCUT2D eigenvalue weighted by molar-refractivity contribution is 5.88. The van der Waals surface area contributed by atoms with E-state index in [-0.39, 0.29) is 18.2 Å². The summed E-state index contributed by atoms with van der Waals surface area (Å²) in [4.78, 5) is 10.9. The molecule has 0 aliphatic carbocycles. The van der Waals surface area contributed by atoms with Gasteiger partial charge in [-0.15, -0.1) is 0 Å². The molecule has 1 heterocycles. The summed E-state index contributed by atoms with van der Waals surface area (Å²) in [6.07, 6.45) is 1.31. The smallest absolute Gasteiger partial charge is 0.339 e. The molecule has 1 aromatic rings. The number of nitrogens with one attached hydrogen (secondary N) is 1. The predicted molar refractivity (Wildman–Crippen MR) is 59.8 cm³/mol. The van der Waals surface area contributed by atoms with Gasteiger partial charge in [-0.3, -0.25) is 4.68 Å². The van der Waals surface area contributed by atoms with Gasteiger partial charge in [-0.25, -0.2) is 4.79 Å². The first kappa shape index (κ1) is 13.6. The number of nitrogens with zero attached hydrogens (tertiary/aromatic N) is 2. The van der Waals surface area contributed by atoms with Crippen LogP contribution in [0.1, 0.15) is 16.1 Å². The lowest BCUT2D eigenvalue weighted by Gasteiger charge is -2.15. The van der Waals surface area contributed by atoms with Crippen LogP contribution in [0.2, 0.25) is 0 Å². The number of methoxy groups -OCH3 is 1. The molecule has 0 aliphatic heterocycles. The molecular formula is C10H17N3O4. The van der Waals surface area contributed by atoms with Gasteiger partial charge in [-0.05, 0) is 0 Å². The number of aliphatic hydroxyl groups excluding tert-OH is 1. The highest BCUT2D eigenvalue weighted by Gasteiger charge is 2.16. The van der Waals surface area contributed by atoms with E-state index < -0.39 is 5.97 Å². The maximum Gasteiger partial charge on any atom is 0.339 e. The van der Waals surface area contributed by atoms with Crippen LogP contribution in [0.4, 0.5) is 0 Å². The Kier molecular flexibility index (Phi) is 5.08. The van der Waals surface area contributed by atoms with Gasteiger partial charge in [0.05, 0.1) is 31.1 Å². The van der Waals surface area contributed by atoms with Crippen LogP contribution in [-0.4, -0.2) is 52.3 Å². The van der Waals surface area contributed by atoms with E-state index in [1.165, 1.54) is 18.0 Å². The molecule has 0 spiro atoms. The summed E-state index contributed by atoms with van der Waals surface area (Å²) >= 11 is 0. The van der Waals surface area contributed by atoms with E-state index in [9.17, 15) is 4.79 Å². The van der Waals surface area contributed by atoms with Crippen molar-refractivity contribution in [3.63, 3.8) is 0 Å². The number of carbonyl (C=O) groups is 1. The van der Waals surface area contributed by atoms with Crippen LogP contribution in [0.3, 0.4) is 0 Å². The third kappa shape index (κ3) is 3.52. The number of rotatable bonds is 7. The van der Waals surface area contributed by atoms with Crippen LogP contribution in [0.5, 0.6) is 0 Å². The molecular weight excluding hydrogens is 226 g/mol. The summed E-state index contributed by atoms with van der Waals surface area (Å²) in [6.45, 7) is 0.595. The lowest BCUT2D eigenvalue weighted by Crippen LogP contribution is -2.36. The normalized spacial score (nSPS) is 12.6. The summed E-state index contributed by atoms with van der Waals surface area (Å²) in [5, 5.41) is 24.9. The molecule has 1 atom stereocenters. The quantitative estimate of drug-likeness (QED) is 0.581. The number of aliphatic hydroxyl groups is 1. The van der Waals surface area contributed by atoms with Crippen molar-refractivity contribution in [3.05, 3.63) is 17.5 Å². The van der Waals surface area contributed by atoms with Crippen molar-refractivity contribution in [2.24, 2.45) is 7.05 Å². The Morgan fingerprint density at radius 1 is 1.71 bits per heavy atom. The van der Waals surface area contributed by atoms with Crippen molar-refractivity contribution in [3.8, 4) is 0 Å². The number of aromatic carboxylic acids is 1. The van der Waals surface area contributed by atoms with Gasteiger partial charge < -0.3 is 20.3 Å². The van der Waals surface area contributed by atoms with Crippen molar-refractivity contribution >= 4 is 5.97 Å². The number of aromatic nitrogens is 2. The molecule has 7 heteroatoms. The fourth-order valence-electron chi connectivity index (χ4n) is 1.47. The highest BCUT2D eigenvalue weighted by Crippen LogP contribution is 2.07. The van der Waals surface area contributed by atoms with E-state index in [0.29, 0.717) is 18.8 Å². The minimum atomic E-state index is -1.01. The van der Waals surface area contributed by atoms with Crippen LogP contribution >= 0.6 is 0 Å². The summed E-state index contributed by atoms with van der Waals surface area (Å²) in [7, 11) is 3.21. The fraction of sp³-hybridized carbons (Fsp3) is 0.600. The third-order valence-electron chi connectivity index (χ3n) is 2.44. The Balaban J connectivity index is 2.67. The van der Waals surface area contributed by atoms with E-state index in [1.807, 2.05) is 0 Å². The number of ether oxygens (including phenoxy) is 1. The Labute approximate surface area is 99.0 Å². The molecule has 0 amide bonds. The zero-order chi connectivity index (χ0) is 12.8. The van der Waals surface area contributed by atoms with E-state index >= 15 is 0 Å². The van der Waals surface area contributed by atoms with Crippen LogP contribution in [0.15, 0.2) is 6.20 Å². The van der Waals surface area contributed by atoms with Gasteiger partial charge in [-0.1, -0.05) is 0 Å². The molecule has 0 saturated heterocycles. The zero-order valence-corrected chi connectivity index (χ0v) is 9.88. The molecule has 96 valence electrons. The van der Waals surface area contributed by atoms with Crippen molar-refractivity contribution in [2.75, 3.05) is 20.3 Å². The molecule has 0 bridgehead atoms. The molecule has 7 nitrogen and oxygen atoms in total. The molecule has 0 aromatic carbocycles. The lowest BCUT2D eigenvalue weighted by molar-refractivity contribution is 0.0695. The Hall–Kier alpha value is -1.44. The van der Waals surface area contributed by atoms with Crippen LogP contribution in [0.25, 0.3) is 0 Å². The van der Waals surface area contributed by atoms with Gasteiger partial charge >= 0.3 is 5.97 Å². The van der Waals surface area contributed by atoms with E-state index in [1.54, 1.807) is 7.05 Å². The summed E-state index contributed by atoms with van der Waals surface area (Å²) in [5.74, 6) is -1.01. The minimum Gasteiger partial charge on any atom is -0.478 e. The second kappa shape index (κ2) is 6.33. The van der Waals surface area contributed by atoms with E-state index in [0.717, 1.165) is 0 Å². The largest absolute Gasteiger partial charge is 0.478 e. The molecule has 17 heavy (non-hydrogen) atoms. The standard InChI is InChI=1S/C10H17N3O4/c1-13-9(8(3-12-13)10(15)16)4-11-7(5-14)6-17-2/h3,7,11,14H,4-6H2,1-2H3,(H,15,16). The van der Waals surface area contributed by atoms with Gasteiger partial charge in [0.25, 0.3) is 0 Å². The van der Waals surface area contributed by atoms with Gasteiger partial charge in [0, 0.05) is 20.7 Å². The maximum atomic E-state index is 10.9. The average molecular weight is 243 g/mol. The van der Waals surface area contributed by atoms with Crippen molar-refractivity contribution in [1.29, 1.82) is 0 Å². The second-order valence-corrected chi connectivity index (χ2v) is 3.65. The second-order valence-electron chi connectivity index (χ2n) is 3.65. The first-order valence-corrected chi connectivity index (χ1v) is 5.17. The van der Waals surface area contributed by atoms with Crippen LogP contribution in [-0.2, 0) is 18.3 Å². The summed E-state index contributed by atoms with van der Waals surface area (Å²) in [5.41, 5.74) is 0.723. The Bertz CT molecular complexity index is 378. The lowest BCUT2D eigenvalue weighted by atomic mass is 10.2. The molecule has 3 N–H and O–H groups in total. The SMILES string of the molecule is COCC(CO)NCc1c(C(=O)O)cnn1C. The first-order valence-electron chi connectivity index (χ1n) is 5.17.